The van der Waals surface area contributed by atoms with E-state index in [-0.39, 0.29) is 24.3 Å². The maximum atomic E-state index is 11.7. The summed E-state index contributed by atoms with van der Waals surface area (Å²) in [5, 5.41) is 5.75. The van der Waals surface area contributed by atoms with E-state index in [9.17, 15) is 9.59 Å². The number of rotatable bonds is 4. The van der Waals surface area contributed by atoms with Crippen LogP contribution in [0.25, 0.3) is 0 Å². The highest BCUT2D eigenvalue weighted by atomic mass is 16.2. The number of nitrogens with two attached hydrogens (primary N) is 1. The van der Waals surface area contributed by atoms with E-state index in [1.165, 1.54) is 0 Å². The van der Waals surface area contributed by atoms with Crippen LogP contribution < -0.4 is 16.4 Å². The highest BCUT2D eigenvalue weighted by molar-refractivity contribution is 5.87. The van der Waals surface area contributed by atoms with Crippen LogP contribution in [-0.2, 0) is 9.59 Å². The molecule has 0 radical (unpaired) electrons. The van der Waals surface area contributed by atoms with E-state index in [1.54, 1.807) is 4.90 Å². The molecule has 6 heteroatoms. The van der Waals surface area contributed by atoms with Crippen molar-refractivity contribution in [2.75, 3.05) is 32.7 Å². The molecule has 1 rings (SSSR count). The Morgan fingerprint density at radius 2 is 1.94 bits per heavy atom. The molecule has 0 aromatic carbocycles. The molecule has 2 amide bonds. The minimum Gasteiger partial charge on any atom is -0.346 e. The first kappa shape index (κ1) is 13.9. The normalized spacial score (nSPS) is 18.0. The summed E-state index contributed by atoms with van der Waals surface area (Å²) < 4.78 is 0. The first-order valence-electron chi connectivity index (χ1n) is 6.04. The predicted octanol–water partition coefficient (Wildman–Crippen LogP) is -1.48. The molecule has 0 aromatic heterocycles. The van der Waals surface area contributed by atoms with Gasteiger partial charge in [0.25, 0.3) is 0 Å². The van der Waals surface area contributed by atoms with Gasteiger partial charge in [-0.3, -0.25) is 9.59 Å². The quantitative estimate of drug-likeness (QED) is 0.561. The number of hydrogen-bond donors (Lipinski definition) is 3. The number of amides is 2. The van der Waals surface area contributed by atoms with Gasteiger partial charge in [-0.1, -0.05) is 13.8 Å². The van der Waals surface area contributed by atoms with Crippen LogP contribution in [0.1, 0.15) is 13.8 Å². The van der Waals surface area contributed by atoms with Gasteiger partial charge in [0.05, 0.1) is 12.6 Å². The lowest BCUT2D eigenvalue weighted by molar-refractivity contribution is -0.133. The van der Waals surface area contributed by atoms with Crippen LogP contribution in [0.15, 0.2) is 0 Å². The number of hydrogen-bond acceptors (Lipinski definition) is 4. The zero-order valence-corrected chi connectivity index (χ0v) is 10.5. The van der Waals surface area contributed by atoms with Crippen LogP contribution >= 0.6 is 0 Å². The van der Waals surface area contributed by atoms with E-state index < -0.39 is 6.04 Å². The van der Waals surface area contributed by atoms with Gasteiger partial charge < -0.3 is 21.3 Å². The van der Waals surface area contributed by atoms with Crippen molar-refractivity contribution in [1.29, 1.82) is 0 Å². The van der Waals surface area contributed by atoms with Crippen molar-refractivity contribution < 1.29 is 9.59 Å². The fourth-order valence-corrected chi connectivity index (χ4v) is 1.61. The first-order valence-corrected chi connectivity index (χ1v) is 6.04. The van der Waals surface area contributed by atoms with E-state index >= 15 is 0 Å². The summed E-state index contributed by atoms with van der Waals surface area (Å²) in [6.07, 6.45) is 0. The van der Waals surface area contributed by atoms with Gasteiger partial charge in [0.1, 0.15) is 0 Å². The fourth-order valence-electron chi connectivity index (χ4n) is 1.61. The second-order valence-corrected chi connectivity index (χ2v) is 4.62. The smallest absolute Gasteiger partial charge is 0.242 e. The summed E-state index contributed by atoms with van der Waals surface area (Å²) >= 11 is 0. The molecule has 4 N–H and O–H groups in total. The molecule has 1 heterocycles. The Kier molecular flexibility index (Phi) is 5.37. The van der Waals surface area contributed by atoms with Gasteiger partial charge in [-0.05, 0) is 5.92 Å². The van der Waals surface area contributed by atoms with Crippen molar-refractivity contribution in [1.82, 2.24) is 15.5 Å². The van der Waals surface area contributed by atoms with Crippen LogP contribution in [-0.4, -0.2) is 55.5 Å². The van der Waals surface area contributed by atoms with E-state index in [2.05, 4.69) is 10.6 Å². The van der Waals surface area contributed by atoms with E-state index in [1.807, 2.05) is 13.8 Å². The van der Waals surface area contributed by atoms with Crippen molar-refractivity contribution in [3.05, 3.63) is 0 Å². The van der Waals surface area contributed by atoms with Crippen LogP contribution in [0.3, 0.4) is 0 Å². The molecular formula is C11H22N4O2. The average Bonchev–Trinajstić information content (AvgIpc) is 2.35. The second kappa shape index (κ2) is 6.56. The van der Waals surface area contributed by atoms with Gasteiger partial charge in [-0.25, -0.2) is 0 Å². The Morgan fingerprint density at radius 3 is 2.47 bits per heavy atom. The summed E-state index contributed by atoms with van der Waals surface area (Å²) in [5.41, 5.74) is 5.68. The van der Waals surface area contributed by atoms with E-state index in [4.69, 9.17) is 5.73 Å². The minimum atomic E-state index is -0.550. The summed E-state index contributed by atoms with van der Waals surface area (Å²) in [6.45, 7) is 6.82. The van der Waals surface area contributed by atoms with Crippen molar-refractivity contribution >= 4 is 11.8 Å². The molecule has 0 aliphatic carbocycles. The van der Waals surface area contributed by atoms with Gasteiger partial charge >= 0.3 is 0 Å². The first-order chi connectivity index (χ1) is 8.02. The Hall–Kier alpha value is -1.14. The molecule has 1 fully saturated rings. The maximum Gasteiger partial charge on any atom is 0.242 e. The maximum absolute atomic E-state index is 11.7. The zero-order valence-electron chi connectivity index (χ0n) is 10.5. The highest BCUT2D eigenvalue weighted by Crippen LogP contribution is 1.98. The number of piperazine rings is 1. The standard InChI is InChI=1S/C11H22N4O2/c1-8(2)10(12)11(17)14-7-9(16)15-5-3-13-4-6-15/h8,10,13H,3-7,12H2,1-2H3,(H,14,17)/t10-/m0/s1. The molecule has 0 bridgehead atoms. The summed E-state index contributed by atoms with van der Waals surface area (Å²) in [5.74, 6) is -0.233. The number of nitrogens with one attached hydrogen (secondary N) is 2. The molecule has 0 saturated carbocycles. The van der Waals surface area contributed by atoms with Crippen LogP contribution in [0, 0.1) is 5.92 Å². The van der Waals surface area contributed by atoms with Crippen molar-refractivity contribution in [3.63, 3.8) is 0 Å². The molecule has 1 saturated heterocycles. The molecule has 6 nitrogen and oxygen atoms in total. The Balaban J connectivity index is 2.29. The lowest BCUT2D eigenvalue weighted by Gasteiger charge is -2.27. The van der Waals surface area contributed by atoms with E-state index in [0.717, 1.165) is 13.1 Å². The third-order valence-corrected chi connectivity index (χ3v) is 2.90. The van der Waals surface area contributed by atoms with Crippen LogP contribution in [0.4, 0.5) is 0 Å². The monoisotopic (exact) mass is 242 g/mol. The van der Waals surface area contributed by atoms with Gasteiger partial charge in [0.15, 0.2) is 0 Å². The molecule has 98 valence electrons. The Morgan fingerprint density at radius 1 is 1.35 bits per heavy atom. The zero-order chi connectivity index (χ0) is 12.8. The lowest BCUT2D eigenvalue weighted by Crippen LogP contribution is -2.51. The number of carbonyl (C=O) groups is 2. The van der Waals surface area contributed by atoms with Crippen molar-refractivity contribution in [2.45, 2.75) is 19.9 Å². The largest absolute Gasteiger partial charge is 0.346 e. The minimum absolute atomic E-state index is 0.0409. The molecule has 0 spiro atoms. The highest BCUT2D eigenvalue weighted by Gasteiger charge is 2.20. The molecule has 0 aromatic rings. The van der Waals surface area contributed by atoms with Crippen molar-refractivity contribution in [2.24, 2.45) is 11.7 Å². The molecule has 17 heavy (non-hydrogen) atoms. The summed E-state index contributed by atoms with van der Waals surface area (Å²) in [7, 11) is 0. The van der Waals surface area contributed by atoms with Crippen LogP contribution in [0.2, 0.25) is 0 Å². The summed E-state index contributed by atoms with van der Waals surface area (Å²) in [4.78, 5) is 25.0. The van der Waals surface area contributed by atoms with Crippen molar-refractivity contribution in [3.8, 4) is 0 Å². The molecule has 1 aliphatic heterocycles. The lowest BCUT2D eigenvalue weighted by atomic mass is 10.1. The predicted molar refractivity (Wildman–Crippen MR) is 65.3 cm³/mol. The third-order valence-electron chi connectivity index (χ3n) is 2.90. The molecule has 1 aliphatic rings. The molecule has 1 atom stereocenters. The van der Waals surface area contributed by atoms with Gasteiger partial charge in [0.2, 0.25) is 11.8 Å². The van der Waals surface area contributed by atoms with E-state index in [0.29, 0.717) is 13.1 Å². The average molecular weight is 242 g/mol. The van der Waals surface area contributed by atoms with Gasteiger partial charge in [-0.15, -0.1) is 0 Å². The Labute approximate surface area is 102 Å². The Bertz CT molecular complexity index is 275. The molecule has 0 unspecified atom stereocenters. The third kappa shape index (κ3) is 4.32. The molecular weight excluding hydrogens is 220 g/mol. The summed E-state index contributed by atoms with van der Waals surface area (Å²) in [6, 6.07) is -0.550. The van der Waals surface area contributed by atoms with Gasteiger partial charge in [-0.2, -0.15) is 0 Å². The fraction of sp³-hybridized carbons (Fsp3) is 0.818. The van der Waals surface area contributed by atoms with Gasteiger partial charge in [0, 0.05) is 26.2 Å². The number of nitrogens with zero attached hydrogens (tertiary/aromatic N) is 1. The van der Waals surface area contributed by atoms with Crippen LogP contribution in [0.5, 0.6) is 0 Å². The SMILES string of the molecule is CC(C)[C@H](N)C(=O)NCC(=O)N1CCNCC1. The second-order valence-electron chi connectivity index (χ2n) is 4.62. The number of carbonyl (C=O) groups excluding carboxylic acids is 2. The topological polar surface area (TPSA) is 87.5 Å².